The highest BCUT2D eigenvalue weighted by molar-refractivity contribution is 9.10. The summed E-state index contributed by atoms with van der Waals surface area (Å²) in [5.41, 5.74) is 2.02. The number of amides is 2. The standard InChI is InChI=1S/C30H32BrN3O4/c31-25-14-9-12-23(18-25)21-33(29(35)20-24-13-7-8-17-27(24)34(37)38)28(19-22-10-3-1-4-11-22)30(36)32-26-15-5-2-6-16-26/h1,3-4,7-14,17-18,26,28H,2,5-6,15-16,19-21H2,(H,32,36)/t28-/m0/s1. The van der Waals surface area contributed by atoms with Crippen molar-refractivity contribution in [2.24, 2.45) is 0 Å². The Bertz CT molecular complexity index is 1260. The van der Waals surface area contributed by atoms with Crippen LogP contribution < -0.4 is 5.32 Å². The Labute approximate surface area is 231 Å². The molecule has 3 aromatic rings. The number of nitrogens with zero attached hydrogens (tertiary/aromatic N) is 2. The van der Waals surface area contributed by atoms with Crippen LogP contribution in [0.15, 0.2) is 83.3 Å². The van der Waals surface area contributed by atoms with Crippen molar-refractivity contribution < 1.29 is 14.5 Å². The van der Waals surface area contributed by atoms with Crippen LogP contribution in [0.1, 0.15) is 48.8 Å². The minimum absolute atomic E-state index is 0.0903. The number of nitro groups is 1. The highest BCUT2D eigenvalue weighted by atomic mass is 79.9. The summed E-state index contributed by atoms with van der Waals surface area (Å²) in [6.07, 6.45) is 5.35. The molecular formula is C30H32BrN3O4. The van der Waals surface area contributed by atoms with Crippen LogP contribution in [0.5, 0.6) is 0 Å². The third kappa shape index (κ3) is 7.51. The number of hydrogen-bond donors (Lipinski definition) is 1. The predicted octanol–water partition coefficient (Wildman–Crippen LogP) is 5.99. The van der Waals surface area contributed by atoms with E-state index in [-0.39, 0.29) is 36.5 Å². The summed E-state index contributed by atoms with van der Waals surface area (Å²) in [7, 11) is 0. The van der Waals surface area contributed by atoms with Crippen LogP contribution in [-0.2, 0) is 29.0 Å². The molecule has 0 saturated heterocycles. The molecule has 0 bridgehead atoms. The summed E-state index contributed by atoms with van der Waals surface area (Å²) in [6.45, 7) is 0.203. The van der Waals surface area contributed by atoms with E-state index in [4.69, 9.17) is 0 Å². The van der Waals surface area contributed by atoms with Crippen LogP contribution >= 0.6 is 15.9 Å². The van der Waals surface area contributed by atoms with Crippen LogP contribution in [0.4, 0.5) is 5.69 Å². The van der Waals surface area contributed by atoms with Gasteiger partial charge in [0.15, 0.2) is 0 Å². The van der Waals surface area contributed by atoms with Crippen molar-refractivity contribution in [1.82, 2.24) is 10.2 Å². The van der Waals surface area contributed by atoms with E-state index in [1.54, 1.807) is 23.1 Å². The van der Waals surface area contributed by atoms with Gasteiger partial charge in [0.25, 0.3) is 5.69 Å². The molecule has 38 heavy (non-hydrogen) atoms. The van der Waals surface area contributed by atoms with Gasteiger partial charge in [0.05, 0.1) is 11.3 Å². The van der Waals surface area contributed by atoms with Gasteiger partial charge in [-0.3, -0.25) is 19.7 Å². The van der Waals surface area contributed by atoms with Crippen LogP contribution in [0.2, 0.25) is 0 Å². The summed E-state index contributed by atoms with van der Waals surface area (Å²) in [5.74, 6) is -0.523. The molecule has 1 aliphatic rings. The van der Waals surface area contributed by atoms with Gasteiger partial charge in [0, 0.05) is 35.1 Å². The van der Waals surface area contributed by atoms with Crippen molar-refractivity contribution in [2.75, 3.05) is 0 Å². The maximum atomic E-state index is 13.9. The lowest BCUT2D eigenvalue weighted by Crippen LogP contribution is -2.53. The van der Waals surface area contributed by atoms with E-state index < -0.39 is 11.0 Å². The number of hydrogen-bond acceptors (Lipinski definition) is 4. The van der Waals surface area contributed by atoms with Gasteiger partial charge in [-0.05, 0) is 36.1 Å². The van der Waals surface area contributed by atoms with Crippen molar-refractivity contribution in [1.29, 1.82) is 0 Å². The molecule has 0 aromatic heterocycles. The van der Waals surface area contributed by atoms with Crippen LogP contribution in [0.3, 0.4) is 0 Å². The molecule has 1 atom stereocenters. The first-order valence-corrected chi connectivity index (χ1v) is 13.8. The molecule has 0 aliphatic heterocycles. The number of halogens is 1. The highest BCUT2D eigenvalue weighted by Gasteiger charge is 2.32. The number of carbonyl (C=O) groups is 2. The molecule has 4 rings (SSSR count). The molecule has 1 fully saturated rings. The molecule has 0 unspecified atom stereocenters. The maximum Gasteiger partial charge on any atom is 0.273 e. The topological polar surface area (TPSA) is 92.6 Å². The number of nitrogens with one attached hydrogen (secondary N) is 1. The van der Waals surface area contributed by atoms with Gasteiger partial charge >= 0.3 is 0 Å². The zero-order valence-corrected chi connectivity index (χ0v) is 22.8. The first-order valence-electron chi connectivity index (χ1n) is 13.0. The van der Waals surface area contributed by atoms with Crippen molar-refractivity contribution in [3.05, 3.63) is 110 Å². The fourth-order valence-corrected chi connectivity index (χ4v) is 5.48. The second kappa shape index (κ2) is 13.3. The molecule has 8 heteroatoms. The molecular weight excluding hydrogens is 546 g/mol. The Morgan fingerprint density at radius 1 is 0.947 bits per heavy atom. The lowest BCUT2D eigenvalue weighted by Gasteiger charge is -2.33. The number of benzene rings is 3. The van der Waals surface area contributed by atoms with Crippen molar-refractivity contribution in [2.45, 2.75) is 63.6 Å². The molecule has 1 aliphatic carbocycles. The van der Waals surface area contributed by atoms with Gasteiger partial charge in [-0.15, -0.1) is 0 Å². The van der Waals surface area contributed by atoms with E-state index in [9.17, 15) is 19.7 Å². The fraction of sp³-hybridized carbons (Fsp3) is 0.333. The second-order valence-electron chi connectivity index (χ2n) is 9.76. The zero-order chi connectivity index (χ0) is 26.9. The van der Waals surface area contributed by atoms with E-state index >= 15 is 0 Å². The third-order valence-electron chi connectivity index (χ3n) is 6.99. The molecule has 2 amide bonds. The minimum Gasteiger partial charge on any atom is -0.352 e. The minimum atomic E-state index is -0.770. The van der Waals surface area contributed by atoms with Crippen LogP contribution in [0, 0.1) is 10.1 Å². The maximum absolute atomic E-state index is 13.9. The van der Waals surface area contributed by atoms with E-state index in [1.807, 2.05) is 54.6 Å². The van der Waals surface area contributed by atoms with Gasteiger partial charge < -0.3 is 10.2 Å². The fourth-order valence-electron chi connectivity index (χ4n) is 5.03. The van der Waals surface area contributed by atoms with E-state index in [2.05, 4.69) is 21.2 Å². The van der Waals surface area contributed by atoms with Crippen molar-refractivity contribution in [3.8, 4) is 0 Å². The highest BCUT2D eigenvalue weighted by Crippen LogP contribution is 2.23. The lowest BCUT2D eigenvalue weighted by atomic mass is 9.94. The summed E-state index contributed by atoms with van der Waals surface area (Å²) < 4.78 is 0.868. The molecule has 1 N–H and O–H groups in total. The Morgan fingerprint density at radius 2 is 1.63 bits per heavy atom. The van der Waals surface area contributed by atoms with Crippen molar-refractivity contribution >= 4 is 33.4 Å². The number of para-hydroxylation sites is 1. The Hall–Kier alpha value is -3.52. The van der Waals surface area contributed by atoms with E-state index in [0.29, 0.717) is 12.0 Å². The Balaban J connectivity index is 1.69. The normalized spacial score (nSPS) is 14.4. The van der Waals surface area contributed by atoms with E-state index in [1.165, 1.54) is 12.5 Å². The molecule has 3 aromatic carbocycles. The number of nitro benzene ring substituents is 1. The Morgan fingerprint density at radius 3 is 2.34 bits per heavy atom. The smallest absolute Gasteiger partial charge is 0.273 e. The van der Waals surface area contributed by atoms with Gasteiger partial charge in [-0.25, -0.2) is 0 Å². The first kappa shape index (κ1) is 27.5. The Kier molecular flexibility index (Phi) is 9.65. The van der Waals surface area contributed by atoms with E-state index in [0.717, 1.165) is 41.3 Å². The van der Waals surface area contributed by atoms with Gasteiger partial charge in [0.2, 0.25) is 11.8 Å². The number of rotatable bonds is 10. The molecule has 1 saturated carbocycles. The SMILES string of the molecule is O=C(NC1CCCCC1)[C@H](Cc1ccccc1)N(Cc1cccc(Br)c1)C(=O)Cc1ccccc1[N+](=O)[O-]. The summed E-state index contributed by atoms with van der Waals surface area (Å²) in [5, 5.41) is 14.8. The lowest BCUT2D eigenvalue weighted by molar-refractivity contribution is -0.385. The predicted molar refractivity (Wildman–Crippen MR) is 150 cm³/mol. The third-order valence-corrected chi connectivity index (χ3v) is 7.49. The average molecular weight is 579 g/mol. The van der Waals surface area contributed by atoms with Crippen LogP contribution in [0.25, 0.3) is 0 Å². The molecule has 0 heterocycles. The monoisotopic (exact) mass is 577 g/mol. The van der Waals surface area contributed by atoms with Crippen LogP contribution in [-0.4, -0.2) is 33.7 Å². The number of carbonyl (C=O) groups excluding carboxylic acids is 2. The zero-order valence-electron chi connectivity index (χ0n) is 21.2. The first-order chi connectivity index (χ1) is 18.4. The largest absolute Gasteiger partial charge is 0.352 e. The second-order valence-corrected chi connectivity index (χ2v) is 10.7. The molecule has 198 valence electrons. The average Bonchev–Trinajstić information content (AvgIpc) is 2.92. The molecule has 0 radical (unpaired) electrons. The van der Waals surface area contributed by atoms with Gasteiger partial charge in [0.1, 0.15) is 6.04 Å². The van der Waals surface area contributed by atoms with Gasteiger partial charge in [-0.1, -0.05) is 95.9 Å². The van der Waals surface area contributed by atoms with Crippen molar-refractivity contribution in [3.63, 3.8) is 0 Å². The van der Waals surface area contributed by atoms with Gasteiger partial charge in [-0.2, -0.15) is 0 Å². The summed E-state index contributed by atoms with van der Waals surface area (Å²) in [4.78, 5) is 40.5. The molecule has 7 nitrogen and oxygen atoms in total. The quantitative estimate of drug-likeness (QED) is 0.236. The summed E-state index contributed by atoms with van der Waals surface area (Å²) >= 11 is 3.50. The summed E-state index contributed by atoms with van der Waals surface area (Å²) in [6, 6.07) is 22.9. The molecule has 0 spiro atoms.